The Morgan fingerprint density at radius 1 is 1.03 bits per heavy atom. The van der Waals surface area contributed by atoms with E-state index in [2.05, 4.69) is 15.6 Å². The summed E-state index contributed by atoms with van der Waals surface area (Å²) in [4.78, 5) is 9.21. The largest absolute Gasteiger partial charge is 0.428 e. The van der Waals surface area contributed by atoms with Crippen molar-refractivity contribution in [2.45, 2.75) is 18.7 Å². The number of hydroxylamine groups is 1. The third kappa shape index (κ3) is 3.59. The summed E-state index contributed by atoms with van der Waals surface area (Å²) in [5.41, 5.74) is 0.542. The normalized spacial score (nSPS) is 19.2. The molecule has 0 aliphatic carbocycles. The van der Waals surface area contributed by atoms with Crippen molar-refractivity contribution in [3.63, 3.8) is 0 Å². The fourth-order valence-corrected chi connectivity index (χ4v) is 3.52. The first kappa shape index (κ1) is 19.8. The van der Waals surface area contributed by atoms with Crippen molar-refractivity contribution in [1.29, 1.82) is 0 Å². The average Bonchev–Trinajstić information content (AvgIpc) is 3.28. The van der Waals surface area contributed by atoms with Crippen LogP contribution in [0.5, 0.6) is 0 Å². The molecule has 3 aromatic rings. The lowest BCUT2D eigenvalue weighted by molar-refractivity contribution is -0.269. The summed E-state index contributed by atoms with van der Waals surface area (Å²) in [6.45, 7) is 1.64. The summed E-state index contributed by atoms with van der Waals surface area (Å²) in [5, 5.41) is 3.95. The molecule has 10 heteroatoms. The second-order valence-corrected chi connectivity index (χ2v) is 7.24. The lowest BCUT2D eigenvalue weighted by Crippen LogP contribution is -2.42. The zero-order valence-corrected chi connectivity index (χ0v) is 16.2. The molecule has 150 valence electrons. The molecular weight excluding hydrogens is 430 g/mol. The molecule has 0 spiro atoms. The van der Waals surface area contributed by atoms with Crippen molar-refractivity contribution in [3.8, 4) is 11.4 Å². The Kier molecular flexibility index (Phi) is 4.80. The number of hydrogen-bond acceptors (Lipinski definition) is 5. The molecule has 0 amide bonds. The Hall–Kier alpha value is -2.55. The molecular formula is C19H12Cl2F3N3O2. The van der Waals surface area contributed by atoms with Gasteiger partial charge in [-0.25, -0.2) is 0 Å². The molecule has 0 saturated carbocycles. The van der Waals surface area contributed by atoms with Gasteiger partial charge in [-0.1, -0.05) is 46.6 Å². The van der Waals surface area contributed by atoms with Crippen molar-refractivity contribution in [2.24, 2.45) is 0 Å². The third-order valence-corrected chi connectivity index (χ3v) is 4.78. The maximum Gasteiger partial charge on any atom is 0.428 e. The van der Waals surface area contributed by atoms with Gasteiger partial charge in [0.05, 0.1) is 5.70 Å². The molecule has 1 unspecified atom stereocenters. The Morgan fingerprint density at radius 3 is 2.34 bits per heavy atom. The van der Waals surface area contributed by atoms with Crippen molar-refractivity contribution in [1.82, 2.24) is 15.6 Å². The van der Waals surface area contributed by atoms with E-state index < -0.39 is 11.8 Å². The number of aromatic nitrogens is 2. The van der Waals surface area contributed by atoms with Crippen LogP contribution in [0, 0.1) is 6.92 Å². The van der Waals surface area contributed by atoms with Gasteiger partial charge in [-0.15, -0.1) is 0 Å². The van der Waals surface area contributed by atoms with Crippen LogP contribution >= 0.6 is 23.2 Å². The quantitative estimate of drug-likeness (QED) is 0.565. The minimum Gasteiger partial charge on any atom is -0.339 e. The monoisotopic (exact) mass is 441 g/mol. The highest BCUT2D eigenvalue weighted by Crippen LogP contribution is 2.48. The topological polar surface area (TPSA) is 60.2 Å². The smallest absolute Gasteiger partial charge is 0.339 e. The van der Waals surface area contributed by atoms with Crippen LogP contribution in [-0.2, 0) is 10.4 Å². The lowest BCUT2D eigenvalue weighted by atomic mass is 9.91. The molecule has 1 aliphatic rings. The average molecular weight is 442 g/mol. The minimum absolute atomic E-state index is 0.0658. The summed E-state index contributed by atoms with van der Waals surface area (Å²) >= 11 is 11.8. The van der Waals surface area contributed by atoms with Crippen molar-refractivity contribution in [2.75, 3.05) is 0 Å². The van der Waals surface area contributed by atoms with Gasteiger partial charge < -0.3 is 4.52 Å². The van der Waals surface area contributed by atoms with Crippen LogP contribution in [-0.4, -0.2) is 16.3 Å². The summed E-state index contributed by atoms with van der Waals surface area (Å²) in [6, 6.07) is 10.3. The van der Waals surface area contributed by atoms with E-state index in [0.29, 0.717) is 22.8 Å². The highest BCUT2D eigenvalue weighted by molar-refractivity contribution is 6.34. The number of nitrogens with one attached hydrogen (secondary N) is 1. The predicted octanol–water partition coefficient (Wildman–Crippen LogP) is 5.69. The van der Waals surface area contributed by atoms with E-state index in [0.717, 1.165) is 6.08 Å². The van der Waals surface area contributed by atoms with Crippen molar-refractivity contribution >= 4 is 28.9 Å². The number of nitrogens with zero attached hydrogens (tertiary/aromatic N) is 2. The molecule has 2 heterocycles. The first-order chi connectivity index (χ1) is 13.7. The minimum atomic E-state index is -4.78. The molecule has 0 fully saturated rings. The van der Waals surface area contributed by atoms with E-state index in [-0.39, 0.29) is 21.3 Å². The Labute approximate surface area is 173 Å². The van der Waals surface area contributed by atoms with Crippen LogP contribution in [0.4, 0.5) is 13.2 Å². The number of halogens is 5. The van der Waals surface area contributed by atoms with E-state index >= 15 is 0 Å². The third-order valence-electron chi connectivity index (χ3n) is 4.34. The standard InChI is InChI=1S/C19H12Cl2F3N3O2/c1-10-25-17(27-28-10)12-4-2-3-11(5-12)16-9-18(29-26-16,19(22,23)24)13-6-14(20)8-15(21)7-13/h2-9,26H,1H3. The molecule has 4 rings (SSSR count). The van der Waals surface area contributed by atoms with Gasteiger partial charge in [-0.05, 0) is 30.3 Å². The zero-order valence-electron chi connectivity index (χ0n) is 14.7. The number of benzene rings is 2. The summed E-state index contributed by atoms with van der Waals surface area (Å²) in [7, 11) is 0. The van der Waals surface area contributed by atoms with Gasteiger partial charge >= 0.3 is 6.18 Å². The summed E-state index contributed by atoms with van der Waals surface area (Å²) < 4.78 is 47.2. The number of rotatable bonds is 3. The maximum atomic E-state index is 14.1. The highest BCUT2D eigenvalue weighted by atomic mass is 35.5. The SMILES string of the molecule is Cc1nc(-c2cccc(C3=CC(c4cc(Cl)cc(Cl)c4)(C(F)(F)F)ON3)c2)no1. The zero-order chi connectivity index (χ0) is 20.8. The van der Waals surface area contributed by atoms with Gasteiger partial charge in [0, 0.05) is 33.7 Å². The molecule has 5 nitrogen and oxygen atoms in total. The summed E-state index contributed by atoms with van der Waals surface area (Å²) in [5.74, 6) is 0.702. The first-order valence-electron chi connectivity index (χ1n) is 8.29. The van der Waals surface area contributed by atoms with Crippen LogP contribution in [0.2, 0.25) is 10.0 Å². The van der Waals surface area contributed by atoms with E-state index in [1.54, 1.807) is 31.2 Å². The van der Waals surface area contributed by atoms with Gasteiger partial charge in [-0.2, -0.15) is 18.2 Å². The van der Waals surface area contributed by atoms with Gasteiger partial charge in [0.25, 0.3) is 0 Å². The van der Waals surface area contributed by atoms with Crippen LogP contribution in [0.15, 0.2) is 53.1 Å². The Morgan fingerprint density at radius 2 is 1.72 bits per heavy atom. The predicted molar refractivity (Wildman–Crippen MR) is 101 cm³/mol. The van der Waals surface area contributed by atoms with Crippen molar-refractivity contribution in [3.05, 3.63) is 75.6 Å². The second kappa shape index (κ2) is 7.05. The first-order valence-corrected chi connectivity index (χ1v) is 9.05. The molecule has 0 saturated heterocycles. The van der Waals surface area contributed by atoms with Gasteiger partial charge in [0.2, 0.25) is 17.3 Å². The second-order valence-electron chi connectivity index (χ2n) is 6.37. The fraction of sp³-hybridized carbons (Fsp3) is 0.158. The molecule has 1 N–H and O–H groups in total. The molecule has 29 heavy (non-hydrogen) atoms. The van der Waals surface area contributed by atoms with Crippen LogP contribution in [0.25, 0.3) is 17.1 Å². The molecule has 0 bridgehead atoms. The van der Waals surface area contributed by atoms with E-state index in [1.807, 2.05) is 0 Å². The van der Waals surface area contributed by atoms with Gasteiger partial charge in [0.15, 0.2) is 0 Å². The lowest BCUT2D eigenvalue weighted by Gasteiger charge is -2.28. The Balaban J connectivity index is 1.80. The van der Waals surface area contributed by atoms with E-state index in [4.69, 9.17) is 32.6 Å². The van der Waals surface area contributed by atoms with Crippen LogP contribution in [0.3, 0.4) is 0 Å². The number of aryl methyl sites for hydroxylation is 1. The van der Waals surface area contributed by atoms with Gasteiger partial charge in [-0.3, -0.25) is 10.3 Å². The molecule has 2 aromatic carbocycles. The fourth-order valence-electron chi connectivity index (χ4n) is 3.00. The molecule has 0 radical (unpaired) electrons. The van der Waals surface area contributed by atoms with Crippen molar-refractivity contribution < 1.29 is 22.5 Å². The van der Waals surface area contributed by atoms with Crippen LogP contribution in [0.1, 0.15) is 17.0 Å². The maximum absolute atomic E-state index is 14.1. The molecule has 1 atom stereocenters. The molecule has 1 aliphatic heterocycles. The molecule has 1 aromatic heterocycles. The Bertz CT molecular complexity index is 1090. The highest BCUT2D eigenvalue weighted by Gasteiger charge is 2.59. The van der Waals surface area contributed by atoms with E-state index in [1.165, 1.54) is 18.2 Å². The van der Waals surface area contributed by atoms with E-state index in [9.17, 15) is 13.2 Å². The summed E-state index contributed by atoms with van der Waals surface area (Å²) in [6.07, 6.45) is -3.83. The van der Waals surface area contributed by atoms with Gasteiger partial charge in [0.1, 0.15) is 0 Å². The number of alkyl halides is 3. The van der Waals surface area contributed by atoms with Crippen LogP contribution < -0.4 is 5.48 Å². The number of hydrogen-bond donors (Lipinski definition) is 1.